The van der Waals surface area contributed by atoms with Crippen molar-refractivity contribution < 1.29 is 5.11 Å². The largest absolute Gasteiger partial charge is 0.388 e. The van der Waals surface area contributed by atoms with Crippen LogP contribution in [0.25, 0.3) is 0 Å². The predicted molar refractivity (Wildman–Crippen MR) is 64.7 cm³/mol. The van der Waals surface area contributed by atoms with Crippen LogP contribution >= 0.6 is 0 Å². The average Bonchev–Trinajstić information content (AvgIpc) is 2.19. The summed E-state index contributed by atoms with van der Waals surface area (Å²) in [6.45, 7) is 6.11. The zero-order chi connectivity index (χ0) is 11.3. The van der Waals surface area contributed by atoms with Crippen LogP contribution in [0.5, 0.6) is 0 Å². The Labute approximate surface area is 92.5 Å². The van der Waals surface area contributed by atoms with E-state index in [0.29, 0.717) is 0 Å². The fourth-order valence-corrected chi connectivity index (χ4v) is 1.67. The van der Waals surface area contributed by atoms with Crippen LogP contribution in [0.4, 0.5) is 0 Å². The second-order valence-corrected chi connectivity index (χ2v) is 4.62. The molecule has 0 spiro atoms. The van der Waals surface area contributed by atoms with E-state index in [-0.39, 0.29) is 11.5 Å². The van der Waals surface area contributed by atoms with Crippen molar-refractivity contribution >= 4 is 0 Å². The average molecular weight is 204 g/mol. The van der Waals surface area contributed by atoms with Crippen molar-refractivity contribution in [1.82, 2.24) is 0 Å². The first kappa shape index (κ1) is 12.0. The summed E-state index contributed by atoms with van der Waals surface area (Å²) >= 11 is 0. The Morgan fingerprint density at radius 1 is 1.27 bits per heavy atom. The second kappa shape index (κ2) is 5.13. The van der Waals surface area contributed by atoms with E-state index in [1.807, 2.05) is 37.3 Å². The molecule has 0 aliphatic rings. The molecule has 0 aliphatic heterocycles. The zero-order valence-electron chi connectivity index (χ0n) is 9.77. The summed E-state index contributed by atoms with van der Waals surface area (Å²) in [6, 6.07) is 10.3. The Morgan fingerprint density at radius 3 is 2.40 bits per heavy atom. The van der Waals surface area contributed by atoms with Crippen molar-refractivity contribution in [3.05, 3.63) is 48.0 Å². The van der Waals surface area contributed by atoms with Crippen molar-refractivity contribution in [3.8, 4) is 0 Å². The molecule has 0 bridgehead atoms. The lowest BCUT2D eigenvalue weighted by molar-refractivity contribution is 0.0907. The molecule has 0 unspecified atom stereocenters. The van der Waals surface area contributed by atoms with E-state index in [1.54, 1.807) is 0 Å². The Bertz CT molecular complexity index is 311. The zero-order valence-corrected chi connectivity index (χ0v) is 9.77. The predicted octanol–water partition coefficient (Wildman–Crippen LogP) is 3.19. The first-order valence-electron chi connectivity index (χ1n) is 5.41. The van der Waals surface area contributed by atoms with Crippen molar-refractivity contribution in [2.45, 2.75) is 33.3 Å². The fourth-order valence-electron chi connectivity index (χ4n) is 1.67. The molecule has 0 saturated heterocycles. The van der Waals surface area contributed by atoms with Crippen molar-refractivity contribution in [3.63, 3.8) is 0 Å². The highest BCUT2D eigenvalue weighted by atomic mass is 16.3. The van der Waals surface area contributed by atoms with Gasteiger partial charge in [-0.1, -0.05) is 56.3 Å². The first-order chi connectivity index (χ1) is 7.06. The van der Waals surface area contributed by atoms with Crippen LogP contribution < -0.4 is 0 Å². The fraction of sp³-hybridized carbons (Fsp3) is 0.429. The molecule has 1 heteroatoms. The van der Waals surface area contributed by atoms with Gasteiger partial charge >= 0.3 is 0 Å². The number of hydrogen-bond donors (Lipinski definition) is 1. The monoisotopic (exact) mass is 204 g/mol. The van der Waals surface area contributed by atoms with Gasteiger partial charge in [-0.15, -0.1) is 0 Å². The Kier molecular flexibility index (Phi) is 4.10. The van der Waals surface area contributed by atoms with Crippen LogP contribution in [0.15, 0.2) is 42.5 Å². The molecule has 0 radical (unpaired) electrons. The molecule has 1 aromatic rings. The van der Waals surface area contributed by atoms with Crippen LogP contribution in [0.2, 0.25) is 0 Å². The minimum Gasteiger partial charge on any atom is -0.388 e. The van der Waals surface area contributed by atoms with Gasteiger partial charge in [-0.05, 0) is 24.3 Å². The summed E-state index contributed by atoms with van der Waals surface area (Å²) in [5.41, 5.74) is 1.15. The van der Waals surface area contributed by atoms with E-state index in [4.69, 9.17) is 0 Å². The van der Waals surface area contributed by atoms with Crippen LogP contribution in [-0.2, 0) is 6.42 Å². The number of hydrogen-bond acceptors (Lipinski definition) is 1. The van der Waals surface area contributed by atoms with Gasteiger partial charge in [0.05, 0.1) is 6.10 Å². The third-order valence-electron chi connectivity index (χ3n) is 2.68. The van der Waals surface area contributed by atoms with Crippen molar-refractivity contribution in [2.75, 3.05) is 0 Å². The molecule has 0 saturated carbocycles. The van der Waals surface area contributed by atoms with Gasteiger partial charge < -0.3 is 5.11 Å². The molecule has 1 N–H and O–H groups in total. The molecule has 0 fully saturated rings. The maximum atomic E-state index is 9.95. The lowest BCUT2D eigenvalue weighted by Gasteiger charge is -2.28. The Balaban J connectivity index is 2.72. The number of aliphatic hydroxyl groups excluding tert-OH is 1. The summed E-state index contributed by atoms with van der Waals surface area (Å²) in [6.07, 6.45) is 4.25. The summed E-state index contributed by atoms with van der Waals surface area (Å²) in [7, 11) is 0. The molecule has 82 valence electrons. The molecule has 1 nitrogen and oxygen atoms in total. The van der Waals surface area contributed by atoms with E-state index >= 15 is 0 Å². The maximum Gasteiger partial charge on any atom is 0.0774 e. The van der Waals surface area contributed by atoms with E-state index in [1.165, 1.54) is 5.56 Å². The smallest absolute Gasteiger partial charge is 0.0774 e. The van der Waals surface area contributed by atoms with E-state index < -0.39 is 0 Å². The third-order valence-corrected chi connectivity index (χ3v) is 2.68. The number of allylic oxidation sites excluding steroid dienone is 1. The van der Waals surface area contributed by atoms with Crippen LogP contribution in [0.1, 0.15) is 26.3 Å². The van der Waals surface area contributed by atoms with Gasteiger partial charge in [0.2, 0.25) is 0 Å². The minimum atomic E-state index is -0.386. The molecule has 0 aliphatic carbocycles. The Morgan fingerprint density at radius 2 is 1.87 bits per heavy atom. The molecular weight excluding hydrogens is 184 g/mol. The van der Waals surface area contributed by atoms with Crippen molar-refractivity contribution in [2.24, 2.45) is 5.41 Å². The van der Waals surface area contributed by atoms with Gasteiger partial charge in [-0.3, -0.25) is 0 Å². The summed E-state index contributed by atoms with van der Waals surface area (Å²) in [5, 5.41) is 9.95. The van der Waals surface area contributed by atoms with Crippen LogP contribution in [0.3, 0.4) is 0 Å². The Hall–Kier alpha value is -1.08. The molecular formula is C14H20O. The molecule has 15 heavy (non-hydrogen) atoms. The van der Waals surface area contributed by atoms with Gasteiger partial charge in [0.1, 0.15) is 0 Å². The highest BCUT2D eigenvalue weighted by Crippen LogP contribution is 2.26. The highest BCUT2D eigenvalue weighted by Gasteiger charge is 2.25. The van der Waals surface area contributed by atoms with Gasteiger partial charge in [-0.25, -0.2) is 0 Å². The number of aliphatic hydroxyl groups is 1. The summed E-state index contributed by atoms with van der Waals surface area (Å²) in [5.74, 6) is 0. The van der Waals surface area contributed by atoms with E-state index in [9.17, 15) is 5.11 Å². The SMILES string of the molecule is CC=C[C@@H](O)C(C)(C)Cc1ccccc1. The molecule has 0 amide bonds. The van der Waals surface area contributed by atoms with E-state index in [0.717, 1.165) is 6.42 Å². The highest BCUT2D eigenvalue weighted by molar-refractivity contribution is 5.17. The molecule has 1 atom stereocenters. The topological polar surface area (TPSA) is 20.2 Å². The van der Waals surface area contributed by atoms with Gasteiger partial charge in [0.15, 0.2) is 0 Å². The lowest BCUT2D eigenvalue weighted by Crippen LogP contribution is -2.29. The molecule has 1 rings (SSSR count). The molecule has 1 aromatic carbocycles. The van der Waals surface area contributed by atoms with E-state index in [2.05, 4.69) is 26.0 Å². The van der Waals surface area contributed by atoms with Crippen LogP contribution in [-0.4, -0.2) is 11.2 Å². The van der Waals surface area contributed by atoms with Gasteiger partial charge in [0.25, 0.3) is 0 Å². The third kappa shape index (κ3) is 3.52. The number of benzene rings is 1. The first-order valence-corrected chi connectivity index (χ1v) is 5.41. The molecule has 0 aromatic heterocycles. The molecule has 0 heterocycles. The quantitative estimate of drug-likeness (QED) is 0.747. The van der Waals surface area contributed by atoms with Gasteiger partial charge in [0, 0.05) is 0 Å². The second-order valence-electron chi connectivity index (χ2n) is 4.62. The normalized spacial score (nSPS) is 14.4. The number of rotatable bonds is 4. The maximum absolute atomic E-state index is 9.95. The minimum absolute atomic E-state index is 0.117. The standard InChI is InChI=1S/C14H20O/c1-4-8-13(15)14(2,3)11-12-9-6-5-7-10-12/h4-10,13,15H,11H2,1-3H3/t13-/m1/s1. The van der Waals surface area contributed by atoms with Crippen LogP contribution in [0, 0.1) is 5.41 Å². The van der Waals surface area contributed by atoms with Crippen molar-refractivity contribution in [1.29, 1.82) is 0 Å². The summed E-state index contributed by atoms with van der Waals surface area (Å²) in [4.78, 5) is 0. The lowest BCUT2D eigenvalue weighted by atomic mass is 9.80. The van der Waals surface area contributed by atoms with Gasteiger partial charge in [-0.2, -0.15) is 0 Å². The summed E-state index contributed by atoms with van der Waals surface area (Å²) < 4.78 is 0.